The van der Waals surface area contributed by atoms with Crippen LogP contribution in [0.1, 0.15) is 43.4 Å². The van der Waals surface area contributed by atoms with Crippen molar-refractivity contribution in [3.63, 3.8) is 0 Å². The van der Waals surface area contributed by atoms with Crippen LogP contribution in [0.4, 0.5) is 9.18 Å². The third-order valence-electron chi connectivity index (χ3n) is 5.32. The zero-order chi connectivity index (χ0) is 17.3. The normalized spacial score (nSPS) is 24.3. The van der Waals surface area contributed by atoms with Crippen molar-refractivity contribution in [1.29, 1.82) is 0 Å². The van der Waals surface area contributed by atoms with E-state index in [1.807, 2.05) is 6.07 Å². The van der Waals surface area contributed by atoms with Gasteiger partial charge >= 0.3 is 12.0 Å². The van der Waals surface area contributed by atoms with Crippen LogP contribution in [0.3, 0.4) is 0 Å². The van der Waals surface area contributed by atoms with Crippen LogP contribution in [0.5, 0.6) is 0 Å². The molecule has 130 valence electrons. The molecule has 0 bridgehead atoms. The number of fused-ring (bicyclic) bond motifs is 1. The van der Waals surface area contributed by atoms with Crippen molar-refractivity contribution < 1.29 is 19.1 Å². The number of aliphatic carboxylic acids is 1. The summed E-state index contributed by atoms with van der Waals surface area (Å²) in [5.74, 6) is -1.13. The summed E-state index contributed by atoms with van der Waals surface area (Å²) in [6.07, 6.45) is 2.49. The van der Waals surface area contributed by atoms with Crippen molar-refractivity contribution in [2.45, 2.75) is 38.6 Å². The van der Waals surface area contributed by atoms with Gasteiger partial charge < -0.3 is 15.3 Å². The van der Waals surface area contributed by atoms with Gasteiger partial charge in [-0.25, -0.2) is 9.18 Å². The van der Waals surface area contributed by atoms with E-state index in [2.05, 4.69) is 12.2 Å². The van der Waals surface area contributed by atoms with Gasteiger partial charge in [0.15, 0.2) is 0 Å². The molecule has 1 heterocycles. The standard InChI is InChI=1S/C18H23FN2O3/c1-11-5-6-13-14(3-2-4-15(13)19)16(11)20-18(24)21-9-7-12(8-10-21)17(22)23/h2-4,11-12,16H,5-10H2,1H3,(H,20,24)(H,22,23). The lowest BCUT2D eigenvalue weighted by Gasteiger charge is -2.36. The number of carbonyl (C=O) groups is 2. The van der Waals surface area contributed by atoms with Gasteiger partial charge in [0.05, 0.1) is 12.0 Å². The molecule has 0 spiro atoms. The maximum Gasteiger partial charge on any atom is 0.317 e. The zero-order valence-corrected chi connectivity index (χ0v) is 13.8. The Hall–Kier alpha value is -2.11. The van der Waals surface area contributed by atoms with E-state index < -0.39 is 5.97 Å². The third kappa shape index (κ3) is 3.23. The number of carbonyl (C=O) groups excluding carboxylic acids is 1. The predicted molar refractivity (Wildman–Crippen MR) is 87.1 cm³/mol. The number of nitrogens with zero attached hydrogens (tertiary/aromatic N) is 1. The van der Waals surface area contributed by atoms with E-state index in [1.54, 1.807) is 11.0 Å². The molecular weight excluding hydrogens is 311 g/mol. The Morgan fingerprint density at radius 2 is 1.96 bits per heavy atom. The Bertz CT molecular complexity index is 641. The van der Waals surface area contributed by atoms with E-state index in [1.165, 1.54) is 6.07 Å². The fraction of sp³-hybridized carbons (Fsp3) is 0.556. The summed E-state index contributed by atoms with van der Waals surface area (Å²) < 4.78 is 14.0. The Morgan fingerprint density at radius 1 is 1.25 bits per heavy atom. The molecule has 1 aromatic carbocycles. The number of likely N-dealkylation sites (tertiary alicyclic amines) is 1. The molecule has 0 radical (unpaired) electrons. The van der Waals surface area contributed by atoms with Crippen LogP contribution in [-0.4, -0.2) is 35.1 Å². The first-order chi connectivity index (χ1) is 11.5. The van der Waals surface area contributed by atoms with Crippen LogP contribution >= 0.6 is 0 Å². The van der Waals surface area contributed by atoms with Crippen LogP contribution in [0.25, 0.3) is 0 Å². The number of urea groups is 1. The van der Waals surface area contributed by atoms with E-state index in [9.17, 15) is 14.0 Å². The number of rotatable bonds is 2. The Morgan fingerprint density at radius 3 is 2.62 bits per heavy atom. The van der Waals surface area contributed by atoms with Gasteiger partial charge in [0.1, 0.15) is 5.82 Å². The van der Waals surface area contributed by atoms with Crippen LogP contribution in [-0.2, 0) is 11.2 Å². The highest BCUT2D eigenvalue weighted by atomic mass is 19.1. The average molecular weight is 334 g/mol. The second-order valence-corrected chi connectivity index (χ2v) is 6.85. The van der Waals surface area contributed by atoms with Gasteiger partial charge in [-0.1, -0.05) is 19.1 Å². The van der Waals surface area contributed by atoms with Gasteiger partial charge in [0.25, 0.3) is 0 Å². The highest BCUT2D eigenvalue weighted by Gasteiger charge is 2.32. The lowest BCUT2D eigenvalue weighted by molar-refractivity contribution is -0.143. The predicted octanol–water partition coefficient (Wildman–Crippen LogP) is 2.96. The minimum atomic E-state index is -0.791. The van der Waals surface area contributed by atoms with Gasteiger partial charge in [-0.3, -0.25) is 4.79 Å². The summed E-state index contributed by atoms with van der Waals surface area (Å²) >= 11 is 0. The van der Waals surface area contributed by atoms with Gasteiger partial charge in [-0.2, -0.15) is 0 Å². The molecule has 5 nitrogen and oxygen atoms in total. The first-order valence-electron chi connectivity index (χ1n) is 8.53. The summed E-state index contributed by atoms with van der Waals surface area (Å²) in [4.78, 5) is 25.2. The lowest BCUT2D eigenvalue weighted by Crippen LogP contribution is -2.48. The SMILES string of the molecule is CC1CCc2c(F)cccc2C1NC(=O)N1CCC(C(=O)O)CC1. The molecule has 0 saturated carbocycles. The average Bonchev–Trinajstić information content (AvgIpc) is 2.57. The number of nitrogens with one attached hydrogen (secondary N) is 1. The number of carboxylic acids is 1. The van der Waals surface area contributed by atoms with Crippen LogP contribution in [0.15, 0.2) is 18.2 Å². The minimum Gasteiger partial charge on any atom is -0.481 e. The van der Waals surface area contributed by atoms with E-state index in [4.69, 9.17) is 5.11 Å². The van der Waals surface area contributed by atoms with Gasteiger partial charge in [0, 0.05) is 13.1 Å². The second-order valence-electron chi connectivity index (χ2n) is 6.85. The molecule has 2 N–H and O–H groups in total. The number of benzene rings is 1. The van der Waals surface area contributed by atoms with Crippen molar-refractivity contribution in [3.8, 4) is 0 Å². The van der Waals surface area contributed by atoms with Gasteiger partial charge in [-0.05, 0) is 48.8 Å². The van der Waals surface area contributed by atoms with Crippen LogP contribution in [0.2, 0.25) is 0 Å². The fourth-order valence-electron chi connectivity index (χ4n) is 3.75. The van der Waals surface area contributed by atoms with Gasteiger partial charge in [0.2, 0.25) is 0 Å². The van der Waals surface area contributed by atoms with Crippen molar-refractivity contribution in [3.05, 3.63) is 35.1 Å². The highest BCUT2D eigenvalue weighted by molar-refractivity contribution is 5.76. The number of halogens is 1. The van der Waals surface area contributed by atoms with Crippen molar-refractivity contribution in [2.75, 3.05) is 13.1 Å². The number of hydrogen-bond acceptors (Lipinski definition) is 2. The molecule has 3 rings (SSSR count). The summed E-state index contributed by atoms with van der Waals surface area (Å²) in [7, 11) is 0. The topological polar surface area (TPSA) is 69.6 Å². The number of hydrogen-bond donors (Lipinski definition) is 2. The Kier molecular flexibility index (Phi) is 4.73. The van der Waals surface area contributed by atoms with E-state index in [0.29, 0.717) is 37.9 Å². The zero-order valence-electron chi connectivity index (χ0n) is 13.8. The smallest absolute Gasteiger partial charge is 0.317 e. The van der Waals surface area contributed by atoms with Crippen molar-refractivity contribution >= 4 is 12.0 Å². The molecule has 1 aliphatic carbocycles. The largest absolute Gasteiger partial charge is 0.481 e. The highest BCUT2D eigenvalue weighted by Crippen LogP contribution is 2.35. The molecule has 1 saturated heterocycles. The first-order valence-corrected chi connectivity index (χ1v) is 8.53. The minimum absolute atomic E-state index is 0.187. The lowest BCUT2D eigenvalue weighted by atomic mass is 9.80. The monoisotopic (exact) mass is 334 g/mol. The van der Waals surface area contributed by atoms with Crippen LogP contribution < -0.4 is 5.32 Å². The van der Waals surface area contributed by atoms with E-state index >= 15 is 0 Å². The third-order valence-corrected chi connectivity index (χ3v) is 5.32. The quantitative estimate of drug-likeness (QED) is 0.873. The molecule has 1 aromatic rings. The first kappa shape index (κ1) is 16.7. The Balaban J connectivity index is 1.69. The van der Waals surface area contributed by atoms with Crippen molar-refractivity contribution in [2.24, 2.45) is 11.8 Å². The van der Waals surface area contributed by atoms with E-state index in [-0.39, 0.29) is 29.7 Å². The molecule has 1 aliphatic heterocycles. The molecule has 2 atom stereocenters. The molecule has 2 amide bonds. The van der Waals surface area contributed by atoms with Crippen LogP contribution in [0, 0.1) is 17.7 Å². The number of carboxylic acid groups (broad SMARTS) is 1. The van der Waals surface area contributed by atoms with Gasteiger partial charge in [-0.15, -0.1) is 0 Å². The molecule has 0 aromatic heterocycles. The maximum atomic E-state index is 14.0. The molecule has 1 fully saturated rings. The molecular formula is C18H23FN2O3. The molecule has 6 heteroatoms. The number of piperidine rings is 1. The van der Waals surface area contributed by atoms with E-state index in [0.717, 1.165) is 12.0 Å². The molecule has 24 heavy (non-hydrogen) atoms. The maximum absolute atomic E-state index is 14.0. The summed E-state index contributed by atoms with van der Waals surface area (Å²) in [5.41, 5.74) is 1.56. The second kappa shape index (κ2) is 6.79. The fourth-order valence-corrected chi connectivity index (χ4v) is 3.75. The number of amides is 2. The summed E-state index contributed by atoms with van der Waals surface area (Å²) in [6, 6.07) is 4.64. The van der Waals surface area contributed by atoms with Crippen molar-refractivity contribution in [1.82, 2.24) is 10.2 Å². The Labute approximate surface area is 140 Å². The molecule has 2 aliphatic rings. The summed E-state index contributed by atoms with van der Waals surface area (Å²) in [5, 5.41) is 12.1. The molecule has 2 unspecified atom stereocenters. The summed E-state index contributed by atoms with van der Waals surface area (Å²) in [6.45, 7) is 2.95.